The lowest BCUT2D eigenvalue weighted by atomic mass is 10.1. The van der Waals surface area contributed by atoms with Crippen LogP contribution in [-0.2, 0) is 0 Å². The van der Waals surface area contributed by atoms with Crippen molar-refractivity contribution in [2.75, 3.05) is 5.73 Å². The maximum absolute atomic E-state index is 13.7. The maximum Gasteiger partial charge on any atom is 0.185 e. The van der Waals surface area contributed by atoms with E-state index in [4.69, 9.17) is 10.3 Å². The number of halogens is 2. The van der Waals surface area contributed by atoms with Gasteiger partial charge in [-0.2, -0.15) is 0 Å². The molecule has 2 aromatic rings. The number of nitrogen functional groups attached to an aromatic ring is 1. The van der Waals surface area contributed by atoms with Crippen LogP contribution in [0.4, 0.5) is 10.2 Å². The molecule has 78 valence electrons. The summed E-state index contributed by atoms with van der Waals surface area (Å²) in [5.41, 5.74) is 6.49. The number of benzene rings is 1. The second-order valence-electron chi connectivity index (χ2n) is 3.15. The molecule has 5 heteroatoms. The summed E-state index contributed by atoms with van der Waals surface area (Å²) in [5.74, 6) is 0.368. The Morgan fingerprint density at radius 3 is 2.80 bits per heavy atom. The molecule has 0 atom stereocenters. The minimum absolute atomic E-state index is 0.284. The highest BCUT2D eigenvalue weighted by Crippen LogP contribution is 2.31. The normalized spacial score (nSPS) is 10.6. The van der Waals surface area contributed by atoms with Crippen LogP contribution in [0.5, 0.6) is 0 Å². The van der Waals surface area contributed by atoms with Crippen molar-refractivity contribution in [3.63, 3.8) is 0 Å². The van der Waals surface area contributed by atoms with Gasteiger partial charge in [0.25, 0.3) is 0 Å². The van der Waals surface area contributed by atoms with Gasteiger partial charge in [-0.15, -0.1) is 0 Å². The summed E-state index contributed by atoms with van der Waals surface area (Å²) in [6.45, 7) is 1.70. The van der Waals surface area contributed by atoms with Crippen molar-refractivity contribution in [1.29, 1.82) is 0 Å². The highest BCUT2D eigenvalue weighted by atomic mass is 127. The van der Waals surface area contributed by atoms with Gasteiger partial charge in [0.2, 0.25) is 0 Å². The van der Waals surface area contributed by atoms with Crippen molar-refractivity contribution < 1.29 is 8.91 Å². The Kier molecular flexibility index (Phi) is 2.64. The molecule has 2 rings (SSSR count). The van der Waals surface area contributed by atoms with Crippen LogP contribution in [-0.4, -0.2) is 5.16 Å². The second kappa shape index (κ2) is 3.80. The first kappa shape index (κ1) is 10.4. The third-order valence-corrected chi connectivity index (χ3v) is 3.14. The summed E-state index contributed by atoms with van der Waals surface area (Å²) < 4.78 is 19.4. The smallest absolute Gasteiger partial charge is 0.185 e. The molecule has 0 saturated heterocycles. The fourth-order valence-corrected chi connectivity index (χ4v) is 1.77. The topological polar surface area (TPSA) is 52.0 Å². The molecule has 0 aliphatic heterocycles. The molecule has 3 nitrogen and oxygen atoms in total. The van der Waals surface area contributed by atoms with Crippen molar-refractivity contribution >= 4 is 28.4 Å². The van der Waals surface area contributed by atoms with Gasteiger partial charge in [-0.05, 0) is 41.1 Å². The Morgan fingerprint density at radius 1 is 1.47 bits per heavy atom. The van der Waals surface area contributed by atoms with E-state index in [9.17, 15) is 4.39 Å². The number of aromatic nitrogens is 1. The molecule has 15 heavy (non-hydrogen) atoms. The highest BCUT2D eigenvalue weighted by Gasteiger charge is 2.17. The van der Waals surface area contributed by atoms with Crippen molar-refractivity contribution in [2.24, 2.45) is 0 Å². The van der Waals surface area contributed by atoms with E-state index in [-0.39, 0.29) is 11.6 Å². The average molecular weight is 318 g/mol. The summed E-state index contributed by atoms with van der Waals surface area (Å²) in [7, 11) is 0. The Morgan fingerprint density at radius 2 is 2.20 bits per heavy atom. The molecule has 1 aromatic heterocycles. The van der Waals surface area contributed by atoms with Gasteiger partial charge in [0.1, 0.15) is 9.39 Å². The predicted octanol–water partition coefficient (Wildman–Crippen LogP) is 2.98. The highest BCUT2D eigenvalue weighted by molar-refractivity contribution is 14.1. The summed E-state index contributed by atoms with van der Waals surface area (Å²) in [6.07, 6.45) is 0. The van der Waals surface area contributed by atoms with Crippen LogP contribution in [0.3, 0.4) is 0 Å². The van der Waals surface area contributed by atoms with E-state index in [1.54, 1.807) is 25.1 Å². The number of hydrogen-bond acceptors (Lipinski definition) is 3. The Hall–Kier alpha value is -1.11. The fraction of sp³-hybridized carbons (Fsp3) is 0.100. The minimum Gasteiger partial charge on any atom is -0.380 e. The largest absolute Gasteiger partial charge is 0.380 e. The van der Waals surface area contributed by atoms with Crippen molar-refractivity contribution in [2.45, 2.75) is 6.92 Å². The molecule has 0 fully saturated rings. The zero-order valence-electron chi connectivity index (χ0n) is 7.92. The SMILES string of the molecule is Cc1cccc(-c2onc(N)c2I)c1F. The van der Waals surface area contributed by atoms with Gasteiger partial charge >= 0.3 is 0 Å². The van der Waals surface area contributed by atoms with Crippen LogP contribution < -0.4 is 5.73 Å². The zero-order chi connectivity index (χ0) is 11.0. The maximum atomic E-state index is 13.7. The first-order chi connectivity index (χ1) is 7.11. The first-order valence-electron chi connectivity index (χ1n) is 4.27. The summed E-state index contributed by atoms with van der Waals surface area (Å²) >= 11 is 1.98. The van der Waals surface area contributed by atoms with Crippen LogP contribution >= 0.6 is 22.6 Å². The van der Waals surface area contributed by atoms with E-state index in [0.29, 0.717) is 20.5 Å². The number of nitrogens with zero attached hydrogens (tertiary/aromatic N) is 1. The molecule has 0 saturated carbocycles. The first-order valence-corrected chi connectivity index (χ1v) is 5.35. The van der Waals surface area contributed by atoms with Crippen LogP contribution in [0, 0.1) is 16.3 Å². The van der Waals surface area contributed by atoms with Crippen molar-refractivity contribution in [3.05, 3.63) is 33.1 Å². The number of aryl methyl sites for hydroxylation is 1. The predicted molar refractivity (Wildman–Crippen MR) is 63.8 cm³/mol. The third-order valence-electron chi connectivity index (χ3n) is 2.10. The Bertz CT molecular complexity index is 510. The van der Waals surface area contributed by atoms with Gasteiger partial charge < -0.3 is 10.3 Å². The van der Waals surface area contributed by atoms with Gasteiger partial charge in [-0.3, -0.25) is 0 Å². The number of rotatable bonds is 1. The molecule has 1 heterocycles. The molecule has 0 radical (unpaired) electrons. The molecule has 2 N–H and O–H groups in total. The van der Waals surface area contributed by atoms with Crippen molar-refractivity contribution in [1.82, 2.24) is 5.16 Å². The van der Waals surface area contributed by atoms with E-state index in [1.165, 1.54) is 0 Å². The van der Waals surface area contributed by atoms with Crippen LogP contribution in [0.1, 0.15) is 5.56 Å². The van der Waals surface area contributed by atoms with E-state index in [2.05, 4.69) is 5.16 Å². The number of hydrogen-bond donors (Lipinski definition) is 1. The lowest BCUT2D eigenvalue weighted by molar-refractivity contribution is 0.432. The van der Waals surface area contributed by atoms with Crippen LogP contribution in [0.2, 0.25) is 0 Å². The molecule has 0 bridgehead atoms. The average Bonchev–Trinajstić information content (AvgIpc) is 2.53. The van der Waals surface area contributed by atoms with Crippen molar-refractivity contribution in [3.8, 4) is 11.3 Å². The van der Waals surface area contributed by atoms with E-state index in [0.717, 1.165) is 0 Å². The number of anilines is 1. The lowest BCUT2D eigenvalue weighted by Gasteiger charge is -2.01. The van der Waals surface area contributed by atoms with E-state index in [1.807, 2.05) is 22.6 Å². The molecular weight excluding hydrogens is 310 g/mol. The van der Waals surface area contributed by atoms with Gasteiger partial charge in [-0.1, -0.05) is 17.3 Å². The minimum atomic E-state index is -0.299. The van der Waals surface area contributed by atoms with Gasteiger partial charge in [-0.25, -0.2) is 4.39 Å². The summed E-state index contributed by atoms with van der Waals surface area (Å²) in [4.78, 5) is 0. The number of nitrogens with two attached hydrogens (primary N) is 1. The molecule has 0 aliphatic rings. The van der Waals surface area contributed by atoms with Crippen LogP contribution in [0.15, 0.2) is 22.7 Å². The van der Waals surface area contributed by atoms with E-state index >= 15 is 0 Å². The fourth-order valence-electron chi connectivity index (χ4n) is 1.28. The van der Waals surface area contributed by atoms with Gasteiger partial charge in [0.15, 0.2) is 11.6 Å². The molecule has 0 amide bonds. The molecular formula is C10H8FIN2O. The Labute approximate surface area is 99.6 Å². The standard InChI is InChI=1S/C10H8FIN2O/c1-5-3-2-4-6(7(5)11)9-8(12)10(13)14-15-9/h2-4H,1H3,(H2,13,14). The van der Waals surface area contributed by atoms with E-state index < -0.39 is 0 Å². The zero-order valence-corrected chi connectivity index (χ0v) is 10.1. The van der Waals surface area contributed by atoms with Crippen LogP contribution in [0.25, 0.3) is 11.3 Å². The van der Waals surface area contributed by atoms with Gasteiger partial charge in [0.05, 0.1) is 5.56 Å². The quantitative estimate of drug-likeness (QED) is 0.823. The van der Waals surface area contributed by atoms with Gasteiger partial charge in [0, 0.05) is 0 Å². The monoisotopic (exact) mass is 318 g/mol. The molecule has 1 aromatic carbocycles. The summed E-state index contributed by atoms with van der Waals surface area (Å²) in [6, 6.07) is 5.11. The molecule has 0 unspecified atom stereocenters. The summed E-state index contributed by atoms with van der Waals surface area (Å²) in [5, 5.41) is 3.59. The third kappa shape index (κ3) is 1.71. The molecule has 0 aliphatic carbocycles. The second-order valence-corrected chi connectivity index (χ2v) is 4.23. The molecule has 0 spiro atoms. The Balaban J connectivity index is 2.64. The lowest BCUT2D eigenvalue weighted by Crippen LogP contribution is -1.89.